The van der Waals surface area contributed by atoms with Gasteiger partial charge in [0.1, 0.15) is 5.75 Å². The lowest BCUT2D eigenvalue weighted by Crippen LogP contribution is -1.96. The minimum atomic E-state index is -0.446. The molecule has 0 saturated heterocycles. The Kier molecular flexibility index (Phi) is 3.72. The maximum Gasteiger partial charge on any atom is 0.133 e. The van der Waals surface area contributed by atoms with Crippen molar-refractivity contribution >= 4 is 15.9 Å². The van der Waals surface area contributed by atoms with Gasteiger partial charge in [0.15, 0.2) is 0 Å². The first-order chi connectivity index (χ1) is 6.19. The number of ether oxygens (including phenoxy) is 1. The van der Waals surface area contributed by atoms with Gasteiger partial charge in [-0.05, 0) is 40.5 Å². The van der Waals surface area contributed by atoms with Crippen LogP contribution in [0.4, 0.5) is 4.39 Å². The van der Waals surface area contributed by atoms with Crippen LogP contribution in [0.15, 0.2) is 22.7 Å². The third-order valence-corrected chi connectivity index (χ3v) is 2.45. The zero-order chi connectivity index (χ0) is 9.84. The Labute approximate surface area is 86.0 Å². The van der Waals surface area contributed by atoms with Crippen molar-refractivity contribution in [3.8, 4) is 5.75 Å². The van der Waals surface area contributed by atoms with Crippen LogP contribution in [0.3, 0.4) is 0 Å². The lowest BCUT2D eigenvalue weighted by atomic mass is 10.0. The zero-order valence-corrected chi connectivity index (χ0v) is 8.97. The van der Waals surface area contributed by atoms with Crippen molar-refractivity contribution in [1.29, 1.82) is 0 Å². The average Bonchev–Trinajstić information content (AvgIpc) is 2.16. The first kappa shape index (κ1) is 10.5. The van der Waals surface area contributed by atoms with Crippen molar-refractivity contribution < 1.29 is 9.13 Å². The molecule has 1 rings (SSSR count). The second-order valence-corrected chi connectivity index (χ2v) is 3.60. The molecule has 0 fully saturated rings. The van der Waals surface area contributed by atoms with Crippen LogP contribution in [0.5, 0.6) is 5.75 Å². The molecule has 1 radical (unpaired) electrons. The molecule has 1 aromatic rings. The predicted molar refractivity (Wildman–Crippen MR) is 54.8 cm³/mol. The van der Waals surface area contributed by atoms with Crippen LogP contribution < -0.4 is 4.74 Å². The summed E-state index contributed by atoms with van der Waals surface area (Å²) in [7, 11) is 1.59. The Morgan fingerprint density at radius 2 is 2.31 bits per heavy atom. The molecular formula is C10H11BrFO. The highest BCUT2D eigenvalue weighted by Crippen LogP contribution is 2.28. The number of benzene rings is 1. The zero-order valence-electron chi connectivity index (χ0n) is 7.39. The van der Waals surface area contributed by atoms with Crippen molar-refractivity contribution in [1.82, 2.24) is 0 Å². The SMILES string of the molecule is [CH2]C(CF)c1ccc(OC)c(Br)c1. The van der Waals surface area contributed by atoms with E-state index in [4.69, 9.17) is 4.74 Å². The highest BCUT2D eigenvalue weighted by atomic mass is 79.9. The summed E-state index contributed by atoms with van der Waals surface area (Å²) in [5, 5.41) is 0. The van der Waals surface area contributed by atoms with Gasteiger partial charge in [0, 0.05) is 5.92 Å². The molecule has 0 aliphatic carbocycles. The average molecular weight is 246 g/mol. The smallest absolute Gasteiger partial charge is 0.133 e. The van der Waals surface area contributed by atoms with Gasteiger partial charge in [0.25, 0.3) is 0 Å². The minimum absolute atomic E-state index is 0.304. The summed E-state index contributed by atoms with van der Waals surface area (Å²) >= 11 is 3.33. The second kappa shape index (κ2) is 4.61. The van der Waals surface area contributed by atoms with Gasteiger partial charge >= 0.3 is 0 Å². The first-order valence-corrected chi connectivity index (χ1v) is 4.70. The Morgan fingerprint density at radius 3 is 2.77 bits per heavy atom. The van der Waals surface area contributed by atoms with Crippen molar-refractivity contribution in [2.45, 2.75) is 5.92 Å². The molecule has 0 heterocycles. The number of alkyl halides is 1. The minimum Gasteiger partial charge on any atom is -0.496 e. The summed E-state index contributed by atoms with van der Waals surface area (Å²) in [4.78, 5) is 0. The van der Waals surface area contributed by atoms with Crippen LogP contribution in [0, 0.1) is 6.92 Å². The Bertz CT molecular complexity index is 288. The van der Waals surface area contributed by atoms with Gasteiger partial charge in [-0.3, -0.25) is 4.39 Å². The van der Waals surface area contributed by atoms with E-state index in [-0.39, 0.29) is 5.92 Å². The van der Waals surface area contributed by atoms with E-state index in [9.17, 15) is 4.39 Å². The molecule has 13 heavy (non-hydrogen) atoms. The van der Waals surface area contributed by atoms with Crippen molar-refractivity contribution in [2.24, 2.45) is 0 Å². The molecule has 0 saturated carbocycles. The molecule has 0 aromatic heterocycles. The summed E-state index contributed by atoms with van der Waals surface area (Å²) in [6.07, 6.45) is 0. The number of rotatable bonds is 3. The van der Waals surface area contributed by atoms with Crippen molar-refractivity contribution in [2.75, 3.05) is 13.8 Å². The molecule has 3 heteroatoms. The van der Waals surface area contributed by atoms with Crippen molar-refractivity contribution in [3.63, 3.8) is 0 Å². The van der Waals surface area contributed by atoms with Gasteiger partial charge in [-0.2, -0.15) is 0 Å². The van der Waals surface area contributed by atoms with Gasteiger partial charge in [0.05, 0.1) is 18.3 Å². The van der Waals surface area contributed by atoms with Crippen molar-refractivity contribution in [3.05, 3.63) is 35.2 Å². The standard InChI is InChI=1S/C10H11BrFO/c1-7(6-12)8-3-4-10(13-2)9(11)5-8/h3-5,7H,1,6H2,2H3. The Balaban J connectivity index is 2.95. The molecule has 0 bridgehead atoms. The van der Waals surface area contributed by atoms with Gasteiger partial charge in [-0.1, -0.05) is 6.07 Å². The largest absolute Gasteiger partial charge is 0.496 e. The number of hydrogen-bond acceptors (Lipinski definition) is 1. The number of methoxy groups -OCH3 is 1. The topological polar surface area (TPSA) is 9.23 Å². The van der Waals surface area contributed by atoms with E-state index in [2.05, 4.69) is 22.9 Å². The molecular weight excluding hydrogens is 235 g/mol. The monoisotopic (exact) mass is 245 g/mol. The van der Waals surface area contributed by atoms with Crippen LogP contribution in [0.1, 0.15) is 11.5 Å². The maximum absolute atomic E-state index is 12.3. The Hall–Kier alpha value is -0.570. The molecule has 1 nitrogen and oxygen atoms in total. The second-order valence-electron chi connectivity index (χ2n) is 2.75. The van der Waals surface area contributed by atoms with Gasteiger partial charge in [0.2, 0.25) is 0 Å². The predicted octanol–water partition coefficient (Wildman–Crippen LogP) is 3.34. The summed E-state index contributed by atoms with van der Waals surface area (Å²) in [6.45, 7) is 3.24. The molecule has 0 N–H and O–H groups in total. The molecule has 0 aliphatic heterocycles. The van der Waals surface area contributed by atoms with E-state index < -0.39 is 6.67 Å². The molecule has 71 valence electrons. The van der Waals surface area contributed by atoms with Crippen LogP contribution >= 0.6 is 15.9 Å². The highest BCUT2D eigenvalue weighted by molar-refractivity contribution is 9.10. The summed E-state index contributed by atoms with van der Waals surface area (Å²) in [6, 6.07) is 5.45. The van der Waals surface area contributed by atoms with Gasteiger partial charge in [-0.15, -0.1) is 0 Å². The normalized spacial score (nSPS) is 12.6. The van der Waals surface area contributed by atoms with Gasteiger partial charge < -0.3 is 4.74 Å². The van der Waals surface area contributed by atoms with E-state index in [0.717, 1.165) is 15.8 Å². The van der Waals surface area contributed by atoms with Crippen LogP contribution in [0.25, 0.3) is 0 Å². The lowest BCUT2D eigenvalue weighted by molar-refractivity contribution is 0.411. The fraction of sp³-hybridized carbons (Fsp3) is 0.300. The summed E-state index contributed by atoms with van der Waals surface area (Å²) < 4.78 is 18.2. The Morgan fingerprint density at radius 1 is 1.62 bits per heavy atom. The molecule has 1 unspecified atom stereocenters. The van der Waals surface area contributed by atoms with E-state index in [1.807, 2.05) is 12.1 Å². The highest BCUT2D eigenvalue weighted by Gasteiger charge is 2.07. The van der Waals surface area contributed by atoms with Crippen LogP contribution in [0.2, 0.25) is 0 Å². The summed E-state index contributed by atoms with van der Waals surface area (Å²) in [5.74, 6) is 0.442. The van der Waals surface area contributed by atoms with E-state index in [0.29, 0.717) is 0 Å². The fourth-order valence-corrected chi connectivity index (χ4v) is 1.58. The lowest BCUT2D eigenvalue weighted by Gasteiger charge is -2.09. The summed E-state index contributed by atoms with van der Waals surface area (Å²) in [5.41, 5.74) is 0.871. The molecule has 1 atom stereocenters. The molecule has 0 spiro atoms. The van der Waals surface area contributed by atoms with Gasteiger partial charge in [-0.25, -0.2) is 0 Å². The number of halogens is 2. The molecule has 0 amide bonds. The third kappa shape index (κ3) is 2.44. The fourth-order valence-electron chi connectivity index (χ4n) is 1.03. The van der Waals surface area contributed by atoms with E-state index >= 15 is 0 Å². The third-order valence-electron chi connectivity index (χ3n) is 1.83. The maximum atomic E-state index is 12.3. The number of hydrogen-bond donors (Lipinski definition) is 0. The first-order valence-electron chi connectivity index (χ1n) is 3.91. The van der Waals surface area contributed by atoms with Crippen LogP contribution in [-0.2, 0) is 0 Å². The van der Waals surface area contributed by atoms with Crippen LogP contribution in [-0.4, -0.2) is 13.8 Å². The van der Waals surface area contributed by atoms with E-state index in [1.54, 1.807) is 13.2 Å². The quantitative estimate of drug-likeness (QED) is 0.794. The van der Waals surface area contributed by atoms with E-state index in [1.165, 1.54) is 0 Å². The molecule has 1 aromatic carbocycles. The molecule has 0 aliphatic rings.